The van der Waals surface area contributed by atoms with Crippen LogP contribution in [-0.2, 0) is 11.0 Å². The summed E-state index contributed by atoms with van der Waals surface area (Å²) in [5, 5.41) is 0. The fourth-order valence-corrected chi connectivity index (χ4v) is 2.29. The highest BCUT2D eigenvalue weighted by atomic mass is 79.9. The second-order valence-electron chi connectivity index (χ2n) is 4.15. The van der Waals surface area contributed by atoms with Crippen LogP contribution < -0.4 is 0 Å². The van der Waals surface area contributed by atoms with Crippen LogP contribution in [0.5, 0.6) is 0 Å². The van der Waals surface area contributed by atoms with Crippen LogP contribution in [0.2, 0.25) is 0 Å². The third kappa shape index (κ3) is 2.80. The van der Waals surface area contributed by atoms with Gasteiger partial charge in [0.05, 0.1) is 11.1 Å². The maximum Gasteiger partial charge on any atom is 0.416 e. The van der Waals surface area contributed by atoms with Crippen molar-refractivity contribution in [1.29, 1.82) is 0 Å². The van der Waals surface area contributed by atoms with Gasteiger partial charge in [0.2, 0.25) is 5.91 Å². The van der Waals surface area contributed by atoms with Crippen LogP contribution >= 0.6 is 15.9 Å². The molecule has 1 heterocycles. The van der Waals surface area contributed by atoms with Crippen molar-refractivity contribution in [2.75, 3.05) is 6.54 Å². The molecule has 7 heteroatoms. The van der Waals surface area contributed by atoms with Gasteiger partial charge in [0.1, 0.15) is 0 Å². The summed E-state index contributed by atoms with van der Waals surface area (Å²) in [6.45, 7) is 0.250. The highest BCUT2D eigenvalue weighted by molar-refractivity contribution is 9.10. The molecule has 1 aromatic rings. The summed E-state index contributed by atoms with van der Waals surface area (Å²) < 4.78 is 38.1. The predicted molar refractivity (Wildman–Crippen MR) is 64.4 cm³/mol. The molecule has 3 nitrogen and oxygen atoms in total. The number of hydrogen-bond donors (Lipinski definition) is 0. The average Bonchev–Trinajstić information content (AvgIpc) is 2.73. The van der Waals surface area contributed by atoms with Crippen molar-refractivity contribution in [1.82, 2.24) is 4.90 Å². The Morgan fingerprint density at radius 2 is 2.00 bits per heavy atom. The zero-order chi connectivity index (χ0) is 14.2. The molecule has 0 spiro atoms. The van der Waals surface area contributed by atoms with Crippen LogP contribution in [0, 0.1) is 0 Å². The van der Waals surface area contributed by atoms with E-state index in [0.717, 1.165) is 23.1 Å². The topological polar surface area (TPSA) is 37.4 Å². The van der Waals surface area contributed by atoms with Crippen molar-refractivity contribution >= 4 is 27.7 Å². The standard InChI is InChI=1S/C12H9BrF3NO2/c13-9-4-3-7(12(14,15)16)6-8(9)11(19)17-5-1-2-10(17)18/h3-4,6H,1-2,5H2. The lowest BCUT2D eigenvalue weighted by atomic mass is 10.1. The number of carbonyl (C=O) groups excluding carboxylic acids is 2. The molecule has 0 radical (unpaired) electrons. The first-order valence-corrected chi connectivity index (χ1v) is 6.31. The van der Waals surface area contributed by atoms with Gasteiger partial charge in [-0.2, -0.15) is 13.2 Å². The normalized spacial score (nSPS) is 16.0. The Balaban J connectivity index is 2.38. The second-order valence-corrected chi connectivity index (χ2v) is 5.00. The van der Waals surface area contributed by atoms with E-state index in [9.17, 15) is 22.8 Å². The van der Waals surface area contributed by atoms with E-state index >= 15 is 0 Å². The first-order chi connectivity index (χ1) is 8.80. The van der Waals surface area contributed by atoms with Crippen LogP contribution in [-0.4, -0.2) is 23.3 Å². The van der Waals surface area contributed by atoms with E-state index in [2.05, 4.69) is 15.9 Å². The largest absolute Gasteiger partial charge is 0.416 e. The lowest BCUT2D eigenvalue weighted by molar-refractivity contribution is -0.137. The molecule has 0 atom stereocenters. The summed E-state index contributed by atoms with van der Waals surface area (Å²) in [6, 6.07) is 2.81. The molecule has 102 valence electrons. The van der Waals surface area contributed by atoms with Gasteiger partial charge in [-0.05, 0) is 40.5 Å². The summed E-state index contributed by atoms with van der Waals surface area (Å²) in [7, 11) is 0. The minimum absolute atomic E-state index is 0.148. The molecular weight excluding hydrogens is 327 g/mol. The summed E-state index contributed by atoms with van der Waals surface area (Å²) in [5.41, 5.74) is -1.06. The van der Waals surface area contributed by atoms with Gasteiger partial charge in [-0.15, -0.1) is 0 Å². The molecule has 0 unspecified atom stereocenters. The molecule has 0 saturated carbocycles. The number of nitrogens with zero attached hydrogens (tertiary/aromatic N) is 1. The number of imide groups is 1. The van der Waals surface area contributed by atoms with Crippen molar-refractivity contribution in [2.24, 2.45) is 0 Å². The van der Waals surface area contributed by atoms with Gasteiger partial charge in [0.25, 0.3) is 5.91 Å². The molecule has 2 rings (SSSR count). The van der Waals surface area contributed by atoms with Crippen molar-refractivity contribution < 1.29 is 22.8 Å². The number of rotatable bonds is 1. The van der Waals surface area contributed by atoms with E-state index in [1.165, 1.54) is 0 Å². The van der Waals surface area contributed by atoms with Crippen LogP contribution in [0.15, 0.2) is 22.7 Å². The number of benzene rings is 1. The molecule has 0 aromatic heterocycles. The van der Waals surface area contributed by atoms with Gasteiger partial charge in [0, 0.05) is 17.4 Å². The molecule has 1 fully saturated rings. The Morgan fingerprint density at radius 3 is 2.53 bits per heavy atom. The lowest BCUT2D eigenvalue weighted by Crippen LogP contribution is -2.32. The van der Waals surface area contributed by atoms with Gasteiger partial charge in [-0.3, -0.25) is 14.5 Å². The molecule has 1 aliphatic heterocycles. The van der Waals surface area contributed by atoms with Crippen molar-refractivity contribution in [2.45, 2.75) is 19.0 Å². The van der Waals surface area contributed by atoms with Gasteiger partial charge in [-0.1, -0.05) is 0 Å². The maximum absolute atomic E-state index is 12.6. The number of hydrogen-bond acceptors (Lipinski definition) is 2. The summed E-state index contributed by atoms with van der Waals surface area (Å²) >= 11 is 3.04. The van der Waals surface area contributed by atoms with Crippen LogP contribution in [0.3, 0.4) is 0 Å². The number of amides is 2. The SMILES string of the molecule is O=C1CCCN1C(=O)c1cc(C(F)(F)F)ccc1Br. The molecule has 1 saturated heterocycles. The van der Waals surface area contributed by atoms with Crippen LogP contribution in [0.25, 0.3) is 0 Å². The fourth-order valence-electron chi connectivity index (χ4n) is 1.87. The summed E-state index contributed by atoms with van der Waals surface area (Å²) in [4.78, 5) is 24.5. The number of alkyl halides is 3. The van der Waals surface area contributed by atoms with Gasteiger partial charge in [-0.25, -0.2) is 0 Å². The third-order valence-corrected chi connectivity index (χ3v) is 3.53. The van der Waals surface area contributed by atoms with E-state index in [1.807, 2.05) is 0 Å². The summed E-state index contributed by atoms with van der Waals surface area (Å²) in [6.07, 6.45) is -3.73. The number of halogens is 4. The van der Waals surface area contributed by atoms with E-state index in [0.29, 0.717) is 6.42 Å². The molecule has 0 bridgehead atoms. The summed E-state index contributed by atoms with van der Waals surface area (Å²) in [5.74, 6) is -1.05. The zero-order valence-electron chi connectivity index (χ0n) is 9.63. The molecule has 0 aliphatic carbocycles. The Kier molecular flexibility index (Phi) is 3.66. The van der Waals surface area contributed by atoms with Crippen LogP contribution in [0.1, 0.15) is 28.8 Å². The van der Waals surface area contributed by atoms with Gasteiger partial charge < -0.3 is 0 Å². The van der Waals surface area contributed by atoms with E-state index in [4.69, 9.17) is 0 Å². The first kappa shape index (κ1) is 14.0. The predicted octanol–water partition coefficient (Wildman–Crippen LogP) is 3.23. The second kappa shape index (κ2) is 4.96. The molecule has 1 aliphatic rings. The third-order valence-electron chi connectivity index (χ3n) is 2.84. The van der Waals surface area contributed by atoms with Crippen molar-refractivity contribution in [3.8, 4) is 0 Å². The minimum Gasteiger partial charge on any atom is -0.278 e. The Morgan fingerprint density at radius 1 is 1.32 bits per heavy atom. The fraction of sp³-hybridized carbons (Fsp3) is 0.333. The first-order valence-electron chi connectivity index (χ1n) is 5.52. The lowest BCUT2D eigenvalue weighted by Gasteiger charge is -2.16. The molecule has 2 amide bonds. The quantitative estimate of drug-likeness (QED) is 0.739. The highest BCUT2D eigenvalue weighted by Gasteiger charge is 2.33. The molecule has 1 aromatic carbocycles. The maximum atomic E-state index is 12.6. The Hall–Kier alpha value is -1.37. The minimum atomic E-state index is -4.52. The molecule has 0 N–H and O–H groups in total. The monoisotopic (exact) mass is 335 g/mol. The average molecular weight is 336 g/mol. The van der Waals surface area contributed by atoms with E-state index in [-0.39, 0.29) is 28.9 Å². The Bertz CT molecular complexity index is 542. The van der Waals surface area contributed by atoms with E-state index < -0.39 is 17.6 Å². The van der Waals surface area contributed by atoms with Crippen molar-refractivity contribution in [3.05, 3.63) is 33.8 Å². The van der Waals surface area contributed by atoms with E-state index in [1.54, 1.807) is 0 Å². The highest BCUT2D eigenvalue weighted by Crippen LogP contribution is 2.32. The van der Waals surface area contributed by atoms with Gasteiger partial charge in [0.15, 0.2) is 0 Å². The Labute approximate surface area is 115 Å². The van der Waals surface area contributed by atoms with Gasteiger partial charge >= 0.3 is 6.18 Å². The molecular formula is C12H9BrF3NO2. The number of carbonyl (C=O) groups is 2. The zero-order valence-corrected chi connectivity index (χ0v) is 11.2. The van der Waals surface area contributed by atoms with Crippen LogP contribution in [0.4, 0.5) is 13.2 Å². The molecule has 19 heavy (non-hydrogen) atoms. The smallest absolute Gasteiger partial charge is 0.278 e. The van der Waals surface area contributed by atoms with Crippen molar-refractivity contribution in [3.63, 3.8) is 0 Å². The number of likely N-dealkylation sites (tertiary alicyclic amines) is 1.